The molecule has 1 saturated heterocycles. The second-order valence-electron chi connectivity index (χ2n) is 9.15. The molecule has 3 amide bonds. The highest BCUT2D eigenvalue weighted by atomic mass is 16.5. The molecule has 2 atom stereocenters. The van der Waals surface area contributed by atoms with Crippen LogP contribution >= 0.6 is 0 Å². The van der Waals surface area contributed by atoms with Gasteiger partial charge in [0.05, 0.1) is 18.2 Å². The van der Waals surface area contributed by atoms with Gasteiger partial charge in [0.2, 0.25) is 5.91 Å². The minimum atomic E-state index is -0.579. The lowest BCUT2D eigenvalue weighted by atomic mass is 9.91. The number of esters is 1. The van der Waals surface area contributed by atoms with E-state index in [9.17, 15) is 14.4 Å². The van der Waals surface area contributed by atoms with Crippen molar-refractivity contribution in [1.82, 2.24) is 20.0 Å². The van der Waals surface area contributed by atoms with E-state index in [-0.39, 0.29) is 30.5 Å². The van der Waals surface area contributed by atoms with Crippen LogP contribution in [-0.4, -0.2) is 78.5 Å². The van der Waals surface area contributed by atoms with Crippen molar-refractivity contribution in [2.24, 2.45) is 5.92 Å². The Bertz CT molecular complexity index is 942. The lowest BCUT2D eigenvalue weighted by molar-refractivity contribution is -0.139. The van der Waals surface area contributed by atoms with Crippen molar-refractivity contribution >= 4 is 17.9 Å². The number of hydrogen-bond donors (Lipinski definition) is 1. The van der Waals surface area contributed by atoms with Gasteiger partial charge in [0.25, 0.3) is 0 Å². The third-order valence-electron chi connectivity index (χ3n) is 6.43. The molecule has 1 fully saturated rings. The number of likely N-dealkylation sites (N-methyl/N-ethyl adjacent to an activating group) is 1. The number of carbonyl (C=O) groups excluding carboxylic acids is 3. The third-order valence-corrected chi connectivity index (χ3v) is 6.43. The maximum Gasteiger partial charge on any atom is 0.338 e. The average molecular weight is 457 g/mol. The van der Waals surface area contributed by atoms with E-state index in [0.29, 0.717) is 37.4 Å². The minimum absolute atomic E-state index is 0.0415. The molecule has 3 rings (SSSR count). The van der Waals surface area contributed by atoms with Crippen molar-refractivity contribution in [3.05, 3.63) is 46.7 Å². The number of benzene rings is 1. The highest BCUT2D eigenvalue weighted by molar-refractivity contribution is 5.95. The second-order valence-corrected chi connectivity index (χ2v) is 9.15. The maximum absolute atomic E-state index is 13.1. The summed E-state index contributed by atoms with van der Waals surface area (Å²) in [5.41, 5.74) is 2.96. The molecule has 0 bridgehead atoms. The summed E-state index contributed by atoms with van der Waals surface area (Å²) < 4.78 is 5.43. The zero-order chi connectivity index (χ0) is 24.3. The van der Waals surface area contributed by atoms with Gasteiger partial charge in [-0.1, -0.05) is 38.1 Å². The molecule has 1 N–H and O–H groups in total. The quantitative estimate of drug-likeness (QED) is 0.666. The fraction of sp³-hybridized carbons (Fsp3) is 0.560. The Morgan fingerprint density at radius 2 is 1.91 bits per heavy atom. The van der Waals surface area contributed by atoms with Crippen LogP contribution in [0.1, 0.15) is 44.9 Å². The van der Waals surface area contributed by atoms with Gasteiger partial charge in [-0.2, -0.15) is 0 Å². The lowest BCUT2D eigenvalue weighted by Gasteiger charge is -2.43. The van der Waals surface area contributed by atoms with E-state index in [4.69, 9.17) is 4.74 Å². The van der Waals surface area contributed by atoms with Crippen LogP contribution in [0.3, 0.4) is 0 Å². The third kappa shape index (κ3) is 5.21. The number of amides is 3. The van der Waals surface area contributed by atoms with E-state index in [1.165, 1.54) is 4.90 Å². The molecule has 0 unspecified atom stereocenters. The van der Waals surface area contributed by atoms with Gasteiger partial charge in [0, 0.05) is 50.9 Å². The number of hydrogen-bond acceptors (Lipinski definition) is 5. The topological polar surface area (TPSA) is 82.2 Å². The largest absolute Gasteiger partial charge is 0.463 e. The summed E-state index contributed by atoms with van der Waals surface area (Å²) in [5, 5.41) is 2.98. The Morgan fingerprint density at radius 1 is 1.21 bits per heavy atom. The summed E-state index contributed by atoms with van der Waals surface area (Å²) in [5.74, 6) is -0.309. The van der Waals surface area contributed by atoms with Crippen molar-refractivity contribution in [1.29, 1.82) is 0 Å². The predicted molar refractivity (Wildman–Crippen MR) is 126 cm³/mol. The summed E-state index contributed by atoms with van der Waals surface area (Å²) in [4.78, 5) is 44.2. The van der Waals surface area contributed by atoms with Gasteiger partial charge < -0.3 is 15.0 Å². The fourth-order valence-electron chi connectivity index (χ4n) is 4.59. The number of urea groups is 1. The minimum Gasteiger partial charge on any atom is -0.463 e. The van der Waals surface area contributed by atoms with Gasteiger partial charge in [-0.3, -0.25) is 14.6 Å². The molecule has 180 valence electrons. The van der Waals surface area contributed by atoms with Crippen LogP contribution < -0.4 is 5.32 Å². The molecule has 2 aliphatic rings. The summed E-state index contributed by atoms with van der Waals surface area (Å²) in [7, 11) is 1.68. The van der Waals surface area contributed by atoms with Gasteiger partial charge in [0.1, 0.15) is 0 Å². The number of nitrogens with zero attached hydrogens (tertiary/aromatic N) is 3. The molecule has 2 heterocycles. The molecule has 33 heavy (non-hydrogen) atoms. The Hall–Kier alpha value is -2.87. The van der Waals surface area contributed by atoms with Gasteiger partial charge in [0.15, 0.2) is 0 Å². The number of nitrogens with one attached hydrogen (secondary N) is 1. The highest BCUT2D eigenvalue weighted by Crippen LogP contribution is 2.33. The highest BCUT2D eigenvalue weighted by Gasteiger charge is 2.38. The zero-order valence-electron chi connectivity index (χ0n) is 20.6. The van der Waals surface area contributed by atoms with Gasteiger partial charge in [-0.05, 0) is 31.9 Å². The first kappa shape index (κ1) is 24.8. The maximum atomic E-state index is 13.1. The van der Waals surface area contributed by atoms with E-state index in [1.807, 2.05) is 56.9 Å². The number of piperazine rings is 1. The normalized spacial score (nSPS) is 22.0. The Labute approximate surface area is 196 Å². The summed E-state index contributed by atoms with van der Waals surface area (Å²) in [6.45, 7) is 12.3. The second kappa shape index (κ2) is 10.4. The molecule has 8 nitrogen and oxygen atoms in total. The summed E-state index contributed by atoms with van der Waals surface area (Å²) in [6.07, 6.45) is 0. The zero-order valence-corrected chi connectivity index (χ0v) is 20.6. The van der Waals surface area contributed by atoms with Crippen molar-refractivity contribution in [3.8, 4) is 0 Å². The van der Waals surface area contributed by atoms with Gasteiger partial charge in [-0.15, -0.1) is 0 Å². The van der Waals surface area contributed by atoms with Crippen LogP contribution in [0.25, 0.3) is 0 Å². The number of carbonyl (C=O) groups is 3. The average Bonchev–Trinajstić information content (AvgIpc) is 2.77. The van der Waals surface area contributed by atoms with Gasteiger partial charge >= 0.3 is 12.0 Å². The first-order valence-corrected chi connectivity index (χ1v) is 11.7. The molecule has 0 aromatic heterocycles. The molecule has 0 aliphatic carbocycles. The monoisotopic (exact) mass is 456 g/mol. The van der Waals surface area contributed by atoms with E-state index in [2.05, 4.69) is 10.2 Å². The van der Waals surface area contributed by atoms with E-state index >= 15 is 0 Å². The first-order valence-electron chi connectivity index (χ1n) is 11.7. The van der Waals surface area contributed by atoms with E-state index < -0.39 is 12.0 Å². The SMILES string of the molecule is CCOC(=O)C1=C(CN2CCN(C(=O)C(C)C)[C@H](C)C2)N(C)C(=O)N[C@@H]1c1ccccc1C. The van der Waals surface area contributed by atoms with Crippen molar-refractivity contribution in [3.63, 3.8) is 0 Å². The fourth-order valence-corrected chi connectivity index (χ4v) is 4.59. The number of ether oxygens (including phenoxy) is 1. The molecular formula is C25H36N4O4. The predicted octanol–water partition coefficient (Wildman–Crippen LogP) is 2.70. The van der Waals surface area contributed by atoms with E-state index in [0.717, 1.165) is 11.1 Å². The standard InChI is InChI=1S/C25H36N4O4/c1-7-33-24(31)21-20(15-28-12-13-29(18(5)14-28)23(30)16(2)3)27(6)25(32)26-22(21)19-11-9-8-10-17(19)4/h8-11,16,18,22H,7,12-15H2,1-6H3,(H,26,32)/t18-,22-/m1/s1. The molecular weight excluding hydrogens is 420 g/mol. The summed E-state index contributed by atoms with van der Waals surface area (Å²) in [6, 6.07) is 6.95. The first-order chi connectivity index (χ1) is 15.6. The van der Waals surface area contributed by atoms with E-state index in [1.54, 1.807) is 14.0 Å². The van der Waals surface area contributed by atoms with Crippen LogP contribution in [0, 0.1) is 12.8 Å². The Morgan fingerprint density at radius 3 is 2.52 bits per heavy atom. The Balaban J connectivity index is 1.95. The lowest BCUT2D eigenvalue weighted by Crippen LogP contribution is -2.56. The molecule has 8 heteroatoms. The number of rotatable bonds is 6. The van der Waals surface area contributed by atoms with Crippen molar-refractivity contribution in [2.45, 2.75) is 46.7 Å². The van der Waals surface area contributed by atoms with Crippen molar-refractivity contribution < 1.29 is 19.1 Å². The van der Waals surface area contributed by atoms with Crippen molar-refractivity contribution in [2.75, 3.05) is 39.8 Å². The Kier molecular flexibility index (Phi) is 7.79. The molecule has 1 aromatic rings. The molecule has 1 aromatic carbocycles. The van der Waals surface area contributed by atoms with Gasteiger partial charge in [-0.25, -0.2) is 9.59 Å². The van der Waals surface area contributed by atoms with Crippen LogP contribution in [0.4, 0.5) is 4.79 Å². The molecule has 0 radical (unpaired) electrons. The van der Waals surface area contributed by atoms with Crippen LogP contribution in [0.5, 0.6) is 0 Å². The smallest absolute Gasteiger partial charge is 0.338 e. The number of aryl methyl sites for hydroxylation is 1. The summed E-state index contributed by atoms with van der Waals surface area (Å²) >= 11 is 0. The molecule has 2 aliphatic heterocycles. The van der Waals surface area contributed by atoms with Crippen LogP contribution in [0.2, 0.25) is 0 Å². The van der Waals surface area contributed by atoms with Crippen LogP contribution in [0.15, 0.2) is 35.5 Å². The van der Waals surface area contributed by atoms with Crippen LogP contribution in [-0.2, 0) is 14.3 Å². The molecule has 0 spiro atoms. The molecule has 0 saturated carbocycles.